The lowest BCUT2D eigenvalue weighted by Gasteiger charge is -2.30. The molecule has 0 atom stereocenters. The van der Waals surface area contributed by atoms with E-state index in [1.807, 2.05) is 0 Å². The SMILES string of the molecule is O=S1(=O)OSC(F)(F)C(F)(F)C(F)(F)C1(F)F. The first-order chi connectivity index (χ1) is 7.21. The zero-order valence-corrected chi connectivity index (χ0v) is 8.70. The molecule has 0 spiro atoms. The zero-order valence-electron chi connectivity index (χ0n) is 7.06. The number of alkyl halides is 8. The van der Waals surface area contributed by atoms with E-state index in [0.29, 0.717) is 0 Å². The van der Waals surface area contributed by atoms with Crippen molar-refractivity contribution in [3.8, 4) is 0 Å². The van der Waals surface area contributed by atoms with E-state index in [2.05, 4.69) is 3.63 Å². The van der Waals surface area contributed by atoms with Gasteiger partial charge in [-0.1, -0.05) is 0 Å². The molecule has 1 fully saturated rings. The molecule has 13 heteroatoms. The van der Waals surface area contributed by atoms with Gasteiger partial charge in [0, 0.05) is 0 Å². The summed E-state index contributed by atoms with van der Waals surface area (Å²) in [5, 5.41) is -12.3. The molecule has 0 radical (unpaired) electrons. The highest BCUT2D eigenvalue weighted by atomic mass is 32.3. The maximum absolute atomic E-state index is 12.6. The van der Waals surface area contributed by atoms with Crippen LogP contribution in [-0.4, -0.2) is 30.8 Å². The molecule has 0 aromatic heterocycles. The molecule has 0 aromatic carbocycles. The molecule has 1 saturated heterocycles. The van der Waals surface area contributed by atoms with Gasteiger partial charge < -0.3 is 0 Å². The van der Waals surface area contributed by atoms with Crippen LogP contribution in [0.15, 0.2) is 0 Å². The van der Waals surface area contributed by atoms with Gasteiger partial charge in [0.15, 0.2) is 0 Å². The summed E-state index contributed by atoms with van der Waals surface area (Å²) in [5.74, 6) is -13.4. The Kier molecular flexibility index (Phi) is 2.93. The van der Waals surface area contributed by atoms with E-state index in [4.69, 9.17) is 0 Å². The zero-order chi connectivity index (χ0) is 13.9. The van der Waals surface area contributed by atoms with Gasteiger partial charge >= 0.3 is 32.5 Å². The Labute approximate surface area is 92.4 Å². The van der Waals surface area contributed by atoms with Crippen LogP contribution in [0.3, 0.4) is 0 Å². The molecule has 1 heterocycles. The van der Waals surface area contributed by atoms with Gasteiger partial charge in [-0.25, -0.2) is 0 Å². The number of hydrogen-bond acceptors (Lipinski definition) is 4. The largest absolute Gasteiger partial charge is 0.439 e. The van der Waals surface area contributed by atoms with Gasteiger partial charge in [-0.05, 0) is 0 Å². The van der Waals surface area contributed by atoms with Crippen LogP contribution in [0.1, 0.15) is 0 Å². The van der Waals surface area contributed by atoms with Crippen LogP contribution in [0, 0.1) is 0 Å². The van der Waals surface area contributed by atoms with Crippen LogP contribution >= 0.6 is 12.0 Å². The Bertz CT molecular complexity index is 428. The summed E-state index contributed by atoms with van der Waals surface area (Å²) in [6.45, 7) is 0. The topological polar surface area (TPSA) is 43.4 Å². The number of halogens is 8. The molecule has 0 amide bonds. The average Bonchev–Trinajstić information content (AvgIpc) is 2.14. The molecule has 0 aromatic rings. The Morgan fingerprint density at radius 1 is 0.824 bits per heavy atom. The Balaban J connectivity index is 3.58. The lowest BCUT2D eigenvalue weighted by molar-refractivity contribution is -0.322. The van der Waals surface area contributed by atoms with Crippen molar-refractivity contribution in [3.63, 3.8) is 0 Å². The minimum absolute atomic E-state index is 1.97. The Morgan fingerprint density at radius 2 is 1.24 bits per heavy atom. The van der Waals surface area contributed by atoms with Gasteiger partial charge in [0.2, 0.25) is 0 Å². The van der Waals surface area contributed by atoms with Crippen molar-refractivity contribution in [1.29, 1.82) is 0 Å². The lowest BCUT2D eigenvalue weighted by Crippen LogP contribution is -2.61. The molecule has 3 nitrogen and oxygen atoms in total. The first-order valence-corrected chi connectivity index (χ1v) is 5.49. The normalized spacial score (nSPS) is 32.7. The maximum atomic E-state index is 12.6. The predicted molar refractivity (Wildman–Crippen MR) is 37.4 cm³/mol. The monoisotopic (exact) mass is 312 g/mol. The van der Waals surface area contributed by atoms with Crippen LogP contribution in [0.2, 0.25) is 0 Å². The summed E-state index contributed by atoms with van der Waals surface area (Å²) in [4.78, 5) is 0. The summed E-state index contributed by atoms with van der Waals surface area (Å²) >= 11 is -1.97. The first kappa shape index (κ1) is 14.8. The van der Waals surface area contributed by atoms with Crippen molar-refractivity contribution in [1.82, 2.24) is 0 Å². The standard InChI is InChI=1S/C4F8O3S2/c5-1(6)2(7,8)4(11,12)17(13,14)15-16-3(1,9)10. The molecular formula is C4F8O3S2. The molecular weight excluding hydrogens is 312 g/mol. The van der Waals surface area contributed by atoms with E-state index in [-0.39, 0.29) is 0 Å². The van der Waals surface area contributed by atoms with Crippen LogP contribution in [0.25, 0.3) is 0 Å². The van der Waals surface area contributed by atoms with Crippen LogP contribution < -0.4 is 0 Å². The van der Waals surface area contributed by atoms with Crippen LogP contribution in [0.4, 0.5) is 35.1 Å². The van der Waals surface area contributed by atoms with Crippen molar-refractivity contribution in [3.05, 3.63) is 0 Å². The van der Waals surface area contributed by atoms with E-state index in [1.165, 1.54) is 0 Å². The second-order valence-corrected chi connectivity index (χ2v) is 5.43. The van der Waals surface area contributed by atoms with E-state index in [9.17, 15) is 43.5 Å². The van der Waals surface area contributed by atoms with E-state index < -0.39 is 44.5 Å². The van der Waals surface area contributed by atoms with Crippen molar-refractivity contribution < 1.29 is 47.2 Å². The molecule has 0 N–H and O–H groups in total. The quantitative estimate of drug-likeness (QED) is 0.509. The summed E-state index contributed by atoms with van der Waals surface area (Å²) < 4.78 is 124. The highest BCUT2D eigenvalue weighted by molar-refractivity contribution is 8.05. The molecule has 0 saturated carbocycles. The Morgan fingerprint density at radius 3 is 1.65 bits per heavy atom. The smallest absolute Gasteiger partial charge is 0.192 e. The van der Waals surface area contributed by atoms with E-state index >= 15 is 0 Å². The number of hydrogen-bond donors (Lipinski definition) is 0. The highest BCUT2D eigenvalue weighted by Crippen LogP contribution is 2.61. The van der Waals surface area contributed by atoms with E-state index in [0.717, 1.165) is 0 Å². The fourth-order valence-electron chi connectivity index (χ4n) is 0.705. The molecule has 17 heavy (non-hydrogen) atoms. The molecule has 1 aliphatic rings. The van der Waals surface area contributed by atoms with Gasteiger partial charge in [0.25, 0.3) is 0 Å². The number of rotatable bonds is 0. The summed E-state index contributed by atoms with van der Waals surface area (Å²) in [6, 6.07) is 0. The second-order valence-electron chi connectivity index (χ2n) is 2.79. The van der Waals surface area contributed by atoms with Gasteiger partial charge in [0.1, 0.15) is 0 Å². The highest BCUT2D eigenvalue weighted by Gasteiger charge is 2.87. The van der Waals surface area contributed by atoms with Gasteiger partial charge in [-0.3, -0.25) is 0 Å². The van der Waals surface area contributed by atoms with Gasteiger partial charge in [-0.15, -0.1) is 0 Å². The Hall–Kier alpha value is -0.300. The molecule has 0 aliphatic carbocycles. The minimum atomic E-state index is -6.83. The molecule has 1 aliphatic heterocycles. The van der Waals surface area contributed by atoms with Crippen molar-refractivity contribution in [2.24, 2.45) is 0 Å². The molecule has 0 bridgehead atoms. The first-order valence-electron chi connectivity index (χ1n) is 3.34. The van der Waals surface area contributed by atoms with E-state index in [1.54, 1.807) is 0 Å². The van der Waals surface area contributed by atoms with Gasteiger partial charge in [0.05, 0.1) is 12.0 Å². The van der Waals surface area contributed by atoms with Crippen molar-refractivity contribution in [2.75, 3.05) is 0 Å². The minimum Gasteiger partial charge on any atom is -0.192 e. The average molecular weight is 312 g/mol. The third-order valence-electron chi connectivity index (χ3n) is 1.67. The van der Waals surface area contributed by atoms with Gasteiger partial charge in [-0.2, -0.15) is 47.2 Å². The third kappa shape index (κ3) is 1.62. The summed E-state index contributed by atoms with van der Waals surface area (Å²) in [7, 11) is -6.63. The second kappa shape index (κ2) is 3.38. The van der Waals surface area contributed by atoms with Crippen LogP contribution in [-0.2, 0) is 13.7 Å². The predicted octanol–water partition coefficient (Wildman–Crippen LogP) is 2.45. The fourth-order valence-corrected chi connectivity index (χ4v) is 2.42. The van der Waals surface area contributed by atoms with Crippen molar-refractivity contribution in [2.45, 2.75) is 22.4 Å². The summed E-state index contributed by atoms with van der Waals surface area (Å²) in [6.07, 6.45) is 0. The maximum Gasteiger partial charge on any atom is 0.439 e. The summed E-state index contributed by atoms with van der Waals surface area (Å²) in [5.41, 5.74) is 0. The van der Waals surface area contributed by atoms with Crippen LogP contribution in [0.5, 0.6) is 0 Å². The third-order valence-corrected chi connectivity index (χ3v) is 4.01. The van der Waals surface area contributed by atoms with Crippen molar-refractivity contribution >= 4 is 22.2 Å². The molecule has 0 unspecified atom stereocenters. The molecule has 102 valence electrons. The molecule has 1 rings (SSSR count). The fraction of sp³-hybridized carbons (Fsp3) is 1.00. The lowest BCUT2D eigenvalue weighted by atomic mass is 10.2.